The first kappa shape index (κ1) is 65.3. The van der Waals surface area contributed by atoms with Crippen LogP contribution in [-0.2, 0) is 23.9 Å². The molecular formula is C54H99N5O6S5. The van der Waals surface area contributed by atoms with Gasteiger partial charge in [0.1, 0.15) is 6.29 Å². The molecule has 0 saturated carbocycles. The van der Waals surface area contributed by atoms with Gasteiger partial charge in [-0.25, -0.2) is 0 Å². The van der Waals surface area contributed by atoms with Gasteiger partial charge < -0.3 is 19.5 Å². The Hall–Kier alpha value is -0.820. The van der Waals surface area contributed by atoms with Crippen LogP contribution in [0.4, 0.5) is 0 Å². The second-order valence-electron chi connectivity index (χ2n) is 19.2. The Morgan fingerprint density at radius 3 is 1.63 bits per heavy atom. The van der Waals surface area contributed by atoms with Gasteiger partial charge in [-0.3, -0.25) is 23.6 Å². The zero-order valence-corrected chi connectivity index (χ0v) is 49.2. The lowest BCUT2D eigenvalue weighted by Crippen LogP contribution is -2.51. The SMILES string of the molecule is CCCCCCCCCCC(C(=O)N(CCCC)CCCC)N1CCSCC1.COS(=O)(=O)CCN1CCSCC1.Cc1ccc(C(=O)CC(C)N2CCSCC2)c(C)c1.O=CCCN1CCSCC1. The van der Waals surface area contributed by atoms with Crippen molar-refractivity contribution in [2.45, 2.75) is 150 Å². The highest BCUT2D eigenvalue weighted by molar-refractivity contribution is 8.00. The molecule has 0 radical (unpaired) electrons. The van der Waals surface area contributed by atoms with Gasteiger partial charge >= 0.3 is 0 Å². The van der Waals surface area contributed by atoms with Crippen LogP contribution < -0.4 is 0 Å². The second-order valence-corrected chi connectivity index (χ2v) is 26.0. The predicted molar refractivity (Wildman–Crippen MR) is 309 cm³/mol. The van der Waals surface area contributed by atoms with Crippen molar-refractivity contribution in [3.8, 4) is 0 Å². The number of aldehydes is 1. The standard InChI is InChI=1S/C24H48N2OS.C16H23NOS.C7H15NO3S2.C7H13NOS/c1-4-7-10-11-12-13-14-15-16-23(25-19-21-28-22-20-25)24(27)26(17-8-5-2)18-9-6-3;1-12-4-5-15(13(2)10-12)16(18)11-14(3)17-6-8-19-9-7-17;1-11-13(9,10)7-4-8-2-5-12-6-3-8;9-5-1-2-8-3-6-10-7-4-8/h23H,4-22H2,1-3H3;4-5,10,14H,6-9,11H2,1-3H3;2-7H2,1H3;5H,1-4,6-7H2. The average molecular weight is 1070 g/mol. The van der Waals surface area contributed by atoms with Crippen LogP contribution >= 0.6 is 47.0 Å². The number of nitrogens with zero attached hydrogens (tertiary/aromatic N) is 5. The Morgan fingerprint density at radius 2 is 1.14 bits per heavy atom. The Kier molecular flexibility index (Phi) is 38.6. The summed E-state index contributed by atoms with van der Waals surface area (Å²) in [5, 5.41) is 0. The molecule has 1 aromatic carbocycles. The minimum absolute atomic E-state index is 0.105. The summed E-state index contributed by atoms with van der Waals surface area (Å²) < 4.78 is 26.3. The molecule has 70 heavy (non-hydrogen) atoms. The number of hydrogen-bond donors (Lipinski definition) is 0. The van der Waals surface area contributed by atoms with E-state index in [2.05, 4.69) is 69.4 Å². The first-order valence-electron chi connectivity index (χ1n) is 27.2. The molecular weight excluding hydrogens is 975 g/mol. The van der Waals surface area contributed by atoms with E-state index in [0.29, 0.717) is 31.3 Å². The molecule has 0 N–H and O–H groups in total. The molecule has 1 amide bonds. The Labute approximate surface area is 446 Å². The van der Waals surface area contributed by atoms with E-state index in [-0.39, 0.29) is 17.6 Å². The Morgan fingerprint density at radius 1 is 0.671 bits per heavy atom. The third kappa shape index (κ3) is 29.9. The molecule has 2 atom stereocenters. The maximum absolute atomic E-state index is 13.5. The van der Waals surface area contributed by atoms with Crippen LogP contribution in [0.2, 0.25) is 0 Å². The van der Waals surface area contributed by atoms with Crippen molar-refractivity contribution >= 4 is 75.1 Å². The molecule has 4 aliphatic rings. The fraction of sp³-hybridized carbons (Fsp3) is 0.833. The molecule has 16 heteroatoms. The second kappa shape index (κ2) is 41.4. The van der Waals surface area contributed by atoms with E-state index in [1.54, 1.807) is 0 Å². The summed E-state index contributed by atoms with van der Waals surface area (Å²) in [5.41, 5.74) is 3.21. The van der Waals surface area contributed by atoms with E-state index in [9.17, 15) is 22.8 Å². The van der Waals surface area contributed by atoms with Crippen LogP contribution in [0.3, 0.4) is 0 Å². The van der Waals surface area contributed by atoms with Crippen molar-refractivity contribution in [2.24, 2.45) is 0 Å². The first-order chi connectivity index (χ1) is 33.9. The third-order valence-corrected chi connectivity index (χ3v) is 18.5. The number of aryl methyl sites for hydroxylation is 2. The summed E-state index contributed by atoms with van der Waals surface area (Å²) >= 11 is 7.97. The molecule has 406 valence electrons. The minimum atomic E-state index is -3.27. The molecule has 0 bridgehead atoms. The third-order valence-electron chi connectivity index (χ3n) is 13.5. The first-order valence-corrected chi connectivity index (χ1v) is 33.4. The molecule has 0 spiro atoms. The lowest BCUT2D eigenvalue weighted by molar-refractivity contribution is -0.137. The maximum Gasteiger partial charge on any atom is 0.268 e. The van der Waals surface area contributed by atoms with Crippen LogP contribution in [0.1, 0.15) is 145 Å². The fourth-order valence-electron chi connectivity index (χ4n) is 8.92. The van der Waals surface area contributed by atoms with Gasteiger partial charge in [-0.1, -0.05) is 109 Å². The van der Waals surface area contributed by atoms with Crippen LogP contribution in [0.5, 0.6) is 0 Å². The number of ketones is 1. The molecule has 0 aliphatic carbocycles. The molecule has 0 aromatic heterocycles. The van der Waals surface area contributed by atoms with Gasteiger partial charge in [0, 0.05) is 149 Å². The summed E-state index contributed by atoms with van der Waals surface area (Å²) in [7, 11) is -2.06. The van der Waals surface area contributed by atoms with Crippen molar-refractivity contribution < 1.29 is 27.0 Å². The molecule has 4 heterocycles. The van der Waals surface area contributed by atoms with Gasteiger partial charge in [-0.2, -0.15) is 55.5 Å². The van der Waals surface area contributed by atoms with E-state index >= 15 is 0 Å². The average Bonchev–Trinajstić information content (AvgIpc) is 3.38. The van der Waals surface area contributed by atoms with Gasteiger partial charge in [-0.15, -0.1) is 0 Å². The largest absolute Gasteiger partial charge is 0.341 e. The maximum atomic E-state index is 13.5. The number of carbonyl (C=O) groups is 3. The summed E-state index contributed by atoms with van der Waals surface area (Å²) in [6, 6.07) is 6.59. The normalized spacial score (nSPS) is 18.2. The number of rotatable bonds is 28. The summed E-state index contributed by atoms with van der Waals surface area (Å²) in [5.74, 6) is 10.3. The fourth-order valence-corrected chi connectivity index (χ4v) is 13.4. The smallest absolute Gasteiger partial charge is 0.268 e. The quantitative estimate of drug-likeness (QED) is 0.0344. The van der Waals surface area contributed by atoms with Crippen LogP contribution in [0.25, 0.3) is 0 Å². The number of amides is 1. The van der Waals surface area contributed by atoms with Gasteiger partial charge in [0.25, 0.3) is 10.1 Å². The number of unbranched alkanes of at least 4 members (excludes halogenated alkanes) is 9. The van der Waals surface area contributed by atoms with E-state index in [0.717, 1.165) is 107 Å². The monoisotopic (exact) mass is 1070 g/mol. The van der Waals surface area contributed by atoms with Crippen molar-refractivity contribution in [3.05, 3.63) is 34.9 Å². The van der Waals surface area contributed by atoms with Gasteiger partial charge in [-0.05, 0) is 45.6 Å². The lowest BCUT2D eigenvalue weighted by atomic mass is 9.98. The van der Waals surface area contributed by atoms with Crippen molar-refractivity contribution in [3.63, 3.8) is 0 Å². The molecule has 4 aliphatic heterocycles. The summed E-state index contributed by atoms with van der Waals surface area (Å²) in [6.07, 6.45) is 18.7. The van der Waals surface area contributed by atoms with Crippen LogP contribution in [-0.4, -0.2) is 200 Å². The van der Waals surface area contributed by atoms with E-state index < -0.39 is 10.1 Å². The number of thioether (sulfide) groups is 4. The molecule has 1 aromatic rings. The van der Waals surface area contributed by atoms with Gasteiger partial charge in [0.2, 0.25) is 5.91 Å². The molecule has 11 nitrogen and oxygen atoms in total. The number of benzene rings is 1. The molecule has 2 unspecified atom stereocenters. The summed E-state index contributed by atoms with van der Waals surface area (Å²) in [4.78, 5) is 47.5. The highest BCUT2D eigenvalue weighted by Gasteiger charge is 2.30. The number of Topliss-reactive ketones (excluding diaryl/α,β-unsaturated/α-hetero) is 1. The minimum Gasteiger partial charge on any atom is -0.341 e. The topological polar surface area (TPSA) is 111 Å². The Bertz CT molecular complexity index is 1600. The van der Waals surface area contributed by atoms with Crippen LogP contribution in [0.15, 0.2) is 18.2 Å². The zero-order valence-electron chi connectivity index (χ0n) is 45.1. The van der Waals surface area contributed by atoms with Gasteiger partial charge in [0.15, 0.2) is 5.78 Å². The molecule has 4 fully saturated rings. The predicted octanol–water partition coefficient (Wildman–Crippen LogP) is 10.3. The van der Waals surface area contributed by atoms with E-state index in [4.69, 9.17) is 0 Å². The van der Waals surface area contributed by atoms with Crippen molar-refractivity contribution in [2.75, 3.05) is 137 Å². The number of hydrogen-bond acceptors (Lipinski definition) is 14. The highest BCUT2D eigenvalue weighted by atomic mass is 32.2. The Balaban J connectivity index is 0.000000344. The highest BCUT2D eigenvalue weighted by Crippen LogP contribution is 2.21. The van der Waals surface area contributed by atoms with Crippen molar-refractivity contribution in [1.82, 2.24) is 24.5 Å². The van der Waals surface area contributed by atoms with Gasteiger partial charge in [0.05, 0.1) is 18.9 Å². The van der Waals surface area contributed by atoms with E-state index in [1.165, 1.54) is 124 Å². The molecule has 5 rings (SSSR count). The van der Waals surface area contributed by atoms with Crippen LogP contribution in [0, 0.1) is 13.8 Å². The summed E-state index contributed by atoms with van der Waals surface area (Å²) in [6.45, 7) is 25.2. The molecule has 4 saturated heterocycles. The zero-order chi connectivity index (χ0) is 51.2. The van der Waals surface area contributed by atoms with E-state index in [1.807, 2.05) is 66.1 Å². The van der Waals surface area contributed by atoms with Crippen molar-refractivity contribution in [1.29, 1.82) is 0 Å². The number of carbonyl (C=O) groups excluding carboxylic acids is 3. The lowest BCUT2D eigenvalue weighted by Gasteiger charge is -2.37.